The Morgan fingerprint density at radius 1 is 1.03 bits per heavy atom. The van der Waals surface area contributed by atoms with Crippen LogP contribution in [-0.4, -0.2) is 42.6 Å². The van der Waals surface area contributed by atoms with Gasteiger partial charge in [0.05, 0.1) is 11.9 Å². The molecule has 174 valence electrons. The Morgan fingerprint density at radius 3 is 2.56 bits per heavy atom. The summed E-state index contributed by atoms with van der Waals surface area (Å²) in [7, 11) is 0. The van der Waals surface area contributed by atoms with Crippen LogP contribution in [0.2, 0.25) is 0 Å². The van der Waals surface area contributed by atoms with Crippen LogP contribution in [0.1, 0.15) is 41.7 Å². The number of pyridine rings is 2. The topological polar surface area (TPSA) is 135 Å². The van der Waals surface area contributed by atoms with Crippen LogP contribution in [0.4, 0.5) is 23.0 Å². The largest absolute Gasteiger partial charge is 0.366 e. The fourth-order valence-electron chi connectivity index (χ4n) is 4.07. The molecule has 4 aromatic heterocycles. The van der Waals surface area contributed by atoms with E-state index < -0.39 is 0 Å². The Bertz CT molecular complexity index is 1280. The van der Waals surface area contributed by atoms with E-state index in [1.54, 1.807) is 35.2 Å². The van der Waals surface area contributed by atoms with Gasteiger partial charge in [-0.25, -0.2) is 14.5 Å². The molecule has 0 unspecified atom stereocenters. The number of amides is 1. The minimum absolute atomic E-state index is 0.260. The average molecular weight is 458 g/mol. The van der Waals surface area contributed by atoms with Crippen LogP contribution in [0.25, 0.3) is 5.65 Å². The highest BCUT2D eigenvalue weighted by atomic mass is 16.2. The third-order valence-electron chi connectivity index (χ3n) is 5.94. The number of hydrogen-bond donors (Lipinski definition) is 4. The number of nitrogens with zero attached hydrogens (tertiary/aromatic N) is 5. The summed E-state index contributed by atoms with van der Waals surface area (Å²) in [4.78, 5) is 25.9. The highest BCUT2D eigenvalue weighted by Crippen LogP contribution is 2.26. The van der Waals surface area contributed by atoms with Gasteiger partial charge in [-0.3, -0.25) is 9.78 Å². The molecular weight excluding hydrogens is 430 g/mol. The first-order valence-electron chi connectivity index (χ1n) is 11.4. The molecule has 4 heterocycles. The van der Waals surface area contributed by atoms with E-state index in [1.165, 1.54) is 6.20 Å². The summed E-state index contributed by atoms with van der Waals surface area (Å²) in [5.41, 5.74) is 9.32. The van der Waals surface area contributed by atoms with Gasteiger partial charge in [0.25, 0.3) is 5.91 Å². The number of aryl methyl sites for hydroxylation is 1. The van der Waals surface area contributed by atoms with Gasteiger partial charge in [0.1, 0.15) is 11.6 Å². The lowest BCUT2D eigenvalue weighted by Gasteiger charge is -2.27. The fraction of sp³-hybridized carbons (Fsp3) is 0.292. The lowest BCUT2D eigenvalue weighted by molar-refractivity contribution is 0.102. The Balaban J connectivity index is 1.49. The summed E-state index contributed by atoms with van der Waals surface area (Å²) >= 11 is 0. The van der Waals surface area contributed by atoms with Gasteiger partial charge in [-0.1, -0.05) is 6.07 Å². The van der Waals surface area contributed by atoms with Crippen LogP contribution in [0.5, 0.6) is 0 Å². The first-order chi connectivity index (χ1) is 16.5. The third-order valence-corrected chi connectivity index (χ3v) is 5.94. The van der Waals surface area contributed by atoms with Crippen molar-refractivity contribution < 1.29 is 4.79 Å². The summed E-state index contributed by atoms with van der Waals surface area (Å²) < 4.78 is 1.56. The highest BCUT2D eigenvalue weighted by Gasteiger charge is 2.21. The molecule has 0 aromatic carbocycles. The summed E-state index contributed by atoms with van der Waals surface area (Å²) in [6.45, 7) is 1.99. The zero-order chi connectivity index (χ0) is 23.5. The molecule has 4 aromatic rings. The van der Waals surface area contributed by atoms with Crippen molar-refractivity contribution in [2.24, 2.45) is 5.73 Å². The second-order valence-electron chi connectivity index (χ2n) is 8.61. The maximum Gasteiger partial charge on any atom is 0.276 e. The van der Waals surface area contributed by atoms with E-state index in [-0.39, 0.29) is 18.0 Å². The molecule has 1 fully saturated rings. The quantitative estimate of drug-likeness (QED) is 0.345. The van der Waals surface area contributed by atoms with Crippen molar-refractivity contribution in [2.45, 2.75) is 44.7 Å². The first-order valence-corrected chi connectivity index (χ1v) is 11.4. The number of hydrogen-bond acceptors (Lipinski definition) is 8. The van der Waals surface area contributed by atoms with Crippen molar-refractivity contribution >= 4 is 34.6 Å². The van der Waals surface area contributed by atoms with Gasteiger partial charge in [-0.05, 0) is 56.4 Å². The molecule has 1 amide bonds. The molecule has 0 aliphatic heterocycles. The minimum Gasteiger partial charge on any atom is -0.366 e. The number of carbonyl (C=O) groups excluding carboxylic acids is 1. The molecule has 34 heavy (non-hydrogen) atoms. The fourth-order valence-corrected chi connectivity index (χ4v) is 4.07. The lowest BCUT2D eigenvalue weighted by Crippen LogP contribution is -2.33. The molecule has 10 nitrogen and oxygen atoms in total. The Hall–Kier alpha value is -4.05. The monoisotopic (exact) mass is 457 g/mol. The maximum atomic E-state index is 13.0. The van der Waals surface area contributed by atoms with E-state index in [9.17, 15) is 4.79 Å². The van der Waals surface area contributed by atoms with Gasteiger partial charge < -0.3 is 21.7 Å². The van der Waals surface area contributed by atoms with Crippen molar-refractivity contribution in [3.05, 3.63) is 66.4 Å². The number of rotatable bonds is 6. The number of anilines is 4. The average Bonchev–Trinajstić information content (AvgIpc) is 3.27. The molecular formula is C24H27N9O. The number of aromatic nitrogens is 5. The number of nitrogens with one attached hydrogen (secondary N) is 3. The number of carbonyl (C=O) groups is 1. The second kappa shape index (κ2) is 9.44. The van der Waals surface area contributed by atoms with E-state index in [0.29, 0.717) is 34.4 Å². The van der Waals surface area contributed by atoms with E-state index in [1.807, 2.05) is 25.1 Å². The molecule has 0 bridgehead atoms. The summed E-state index contributed by atoms with van der Waals surface area (Å²) in [5.74, 6) is 1.02. The van der Waals surface area contributed by atoms with Crippen LogP contribution in [-0.2, 0) is 0 Å². The van der Waals surface area contributed by atoms with Gasteiger partial charge in [0.15, 0.2) is 11.3 Å². The third kappa shape index (κ3) is 4.81. The van der Waals surface area contributed by atoms with E-state index in [0.717, 1.165) is 31.2 Å². The molecule has 5 rings (SSSR count). The van der Waals surface area contributed by atoms with Crippen molar-refractivity contribution in [2.75, 3.05) is 16.0 Å². The lowest BCUT2D eigenvalue weighted by atomic mass is 9.92. The maximum absolute atomic E-state index is 13.0. The predicted molar refractivity (Wildman–Crippen MR) is 131 cm³/mol. The zero-order valence-electron chi connectivity index (χ0n) is 18.9. The standard InChI is InChI=1S/C24H27N9O/c1-15-2-7-21(27-13-15)31-19-12-22(29-17-5-3-16(25)4-6-17)32-33-20(14-28-23(19)33)24(34)30-18-8-10-26-11-9-18/h2,7-14,16-17H,3-6,25H2,1H3,(H,27,31)(H,29,32)(H,26,30,34)/t16-,17-. The molecule has 1 aliphatic rings. The normalized spacial score (nSPS) is 17.9. The highest BCUT2D eigenvalue weighted by molar-refractivity contribution is 6.03. The van der Waals surface area contributed by atoms with E-state index in [4.69, 9.17) is 10.8 Å². The van der Waals surface area contributed by atoms with Crippen LogP contribution < -0.4 is 21.7 Å². The smallest absolute Gasteiger partial charge is 0.276 e. The Morgan fingerprint density at radius 2 is 1.82 bits per heavy atom. The van der Waals surface area contributed by atoms with Crippen molar-refractivity contribution in [1.29, 1.82) is 0 Å². The van der Waals surface area contributed by atoms with Gasteiger partial charge >= 0.3 is 0 Å². The van der Waals surface area contributed by atoms with E-state index in [2.05, 4.69) is 30.9 Å². The SMILES string of the molecule is Cc1ccc(Nc2cc(N[C@H]3CC[C@H](N)CC3)nn3c(C(=O)Nc4ccncc4)cnc23)nc1. The molecule has 1 aliphatic carbocycles. The van der Waals surface area contributed by atoms with Gasteiger partial charge in [0, 0.05) is 42.4 Å². The van der Waals surface area contributed by atoms with Crippen molar-refractivity contribution in [3.8, 4) is 0 Å². The molecule has 0 spiro atoms. The number of fused-ring (bicyclic) bond motifs is 1. The first kappa shape index (κ1) is 21.8. The van der Waals surface area contributed by atoms with Crippen LogP contribution in [0, 0.1) is 6.92 Å². The molecule has 0 saturated heterocycles. The minimum atomic E-state index is -0.314. The van der Waals surface area contributed by atoms with Crippen molar-refractivity contribution in [3.63, 3.8) is 0 Å². The summed E-state index contributed by atoms with van der Waals surface area (Å²) in [6.07, 6.45) is 10.5. The Kier molecular flexibility index (Phi) is 6.05. The van der Waals surface area contributed by atoms with Gasteiger partial charge in [0.2, 0.25) is 0 Å². The van der Waals surface area contributed by atoms with Gasteiger partial charge in [-0.2, -0.15) is 0 Å². The van der Waals surface area contributed by atoms with Crippen LogP contribution in [0.3, 0.4) is 0 Å². The molecule has 10 heteroatoms. The van der Waals surface area contributed by atoms with Crippen LogP contribution in [0.15, 0.2) is 55.1 Å². The Labute approximate surface area is 197 Å². The summed E-state index contributed by atoms with van der Waals surface area (Å²) in [5, 5.41) is 14.4. The predicted octanol–water partition coefficient (Wildman–Crippen LogP) is 3.51. The molecule has 0 radical (unpaired) electrons. The number of nitrogens with two attached hydrogens (primary N) is 1. The van der Waals surface area contributed by atoms with E-state index >= 15 is 0 Å². The van der Waals surface area contributed by atoms with Crippen molar-refractivity contribution in [1.82, 2.24) is 24.6 Å². The summed E-state index contributed by atoms with van der Waals surface area (Å²) in [6, 6.07) is 9.78. The van der Waals surface area contributed by atoms with Gasteiger partial charge in [-0.15, -0.1) is 5.10 Å². The molecule has 0 atom stereocenters. The van der Waals surface area contributed by atoms with Crippen LogP contribution >= 0.6 is 0 Å². The zero-order valence-corrected chi connectivity index (χ0v) is 18.9. The molecule has 1 saturated carbocycles. The number of imidazole rings is 1. The second-order valence-corrected chi connectivity index (χ2v) is 8.61. The molecule has 5 N–H and O–H groups in total.